The normalized spacial score (nSPS) is 20.8. The summed E-state index contributed by atoms with van der Waals surface area (Å²) in [6.07, 6.45) is 2.84. The van der Waals surface area contributed by atoms with Gasteiger partial charge in [-0.15, -0.1) is 0 Å². The van der Waals surface area contributed by atoms with Gasteiger partial charge in [-0.25, -0.2) is 0 Å². The Morgan fingerprint density at radius 1 is 1.50 bits per heavy atom. The lowest BCUT2D eigenvalue weighted by Crippen LogP contribution is -2.48. The molecule has 4 heteroatoms. The van der Waals surface area contributed by atoms with Crippen molar-refractivity contribution >= 4 is 5.69 Å². The first-order valence-corrected chi connectivity index (χ1v) is 6.62. The molecule has 0 spiro atoms. The maximum Gasteiger partial charge on any atom is 0.0801 e. The SMILES string of the molecule is CC[C@@H](N)c1ccc(N2CCOC(C)(C)C2)cn1. The first kappa shape index (κ1) is 13.3. The first-order valence-electron chi connectivity index (χ1n) is 6.62. The number of morpholine rings is 1. The van der Waals surface area contributed by atoms with Gasteiger partial charge in [0.2, 0.25) is 0 Å². The first-order chi connectivity index (χ1) is 8.52. The molecule has 1 atom stereocenters. The summed E-state index contributed by atoms with van der Waals surface area (Å²) in [6, 6.07) is 4.19. The molecule has 100 valence electrons. The molecule has 0 bridgehead atoms. The number of anilines is 1. The highest BCUT2D eigenvalue weighted by atomic mass is 16.5. The Balaban J connectivity index is 2.09. The quantitative estimate of drug-likeness (QED) is 0.891. The van der Waals surface area contributed by atoms with Gasteiger partial charge in [0.15, 0.2) is 0 Å². The van der Waals surface area contributed by atoms with E-state index in [4.69, 9.17) is 10.5 Å². The molecule has 0 amide bonds. The fourth-order valence-corrected chi connectivity index (χ4v) is 2.25. The van der Waals surface area contributed by atoms with E-state index in [-0.39, 0.29) is 11.6 Å². The standard InChI is InChI=1S/C14H23N3O/c1-4-12(15)13-6-5-11(9-16-13)17-7-8-18-14(2,3)10-17/h5-6,9,12H,4,7-8,10,15H2,1-3H3/t12-/m1/s1. The van der Waals surface area contributed by atoms with Gasteiger partial charge in [-0.3, -0.25) is 4.98 Å². The lowest BCUT2D eigenvalue weighted by molar-refractivity contribution is -0.0277. The van der Waals surface area contributed by atoms with Crippen LogP contribution in [0.25, 0.3) is 0 Å². The Morgan fingerprint density at radius 2 is 2.28 bits per heavy atom. The van der Waals surface area contributed by atoms with E-state index < -0.39 is 0 Å². The smallest absolute Gasteiger partial charge is 0.0801 e. The van der Waals surface area contributed by atoms with Crippen LogP contribution in [-0.2, 0) is 4.74 Å². The molecule has 1 saturated heterocycles. The molecule has 0 aliphatic carbocycles. The zero-order valence-corrected chi connectivity index (χ0v) is 11.5. The van der Waals surface area contributed by atoms with Gasteiger partial charge < -0.3 is 15.4 Å². The van der Waals surface area contributed by atoms with Crippen LogP contribution < -0.4 is 10.6 Å². The zero-order valence-electron chi connectivity index (χ0n) is 11.5. The van der Waals surface area contributed by atoms with E-state index in [1.165, 1.54) is 0 Å². The minimum absolute atomic E-state index is 0.0418. The Kier molecular flexibility index (Phi) is 3.88. The summed E-state index contributed by atoms with van der Waals surface area (Å²) in [6.45, 7) is 8.90. The molecule has 2 N–H and O–H groups in total. The number of hydrogen-bond acceptors (Lipinski definition) is 4. The highest BCUT2D eigenvalue weighted by molar-refractivity contribution is 5.45. The molecule has 2 heterocycles. The van der Waals surface area contributed by atoms with E-state index in [2.05, 4.69) is 36.7 Å². The summed E-state index contributed by atoms with van der Waals surface area (Å²) in [5, 5.41) is 0. The zero-order chi connectivity index (χ0) is 13.2. The summed E-state index contributed by atoms with van der Waals surface area (Å²) in [5.74, 6) is 0. The predicted octanol–water partition coefficient (Wildman–Crippen LogP) is 2.11. The summed E-state index contributed by atoms with van der Waals surface area (Å²) >= 11 is 0. The van der Waals surface area contributed by atoms with Gasteiger partial charge in [-0.2, -0.15) is 0 Å². The molecular formula is C14H23N3O. The Morgan fingerprint density at radius 3 is 2.83 bits per heavy atom. The van der Waals surface area contributed by atoms with Gasteiger partial charge in [-0.05, 0) is 32.4 Å². The fourth-order valence-electron chi connectivity index (χ4n) is 2.25. The van der Waals surface area contributed by atoms with Crippen LogP contribution in [0.15, 0.2) is 18.3 Å². The van der Waals surface area contributed by atoms with Crippen molar-refractivity contribution in [3.63, 3.8) is 0 Å². The molecule has 0 saturated carbocycles. The molecule has 18 heavy (non-hydrogen) atoms. The molecule has 1 aliphatic heterocycles. The van der Waals surface area contributed by atoms with Crippen molar-refractivity contribution in [2.24, 2.45) is 5.73 Å². The lowest BCUT2D eigenvalue weighted by atomic mass is 10.1. The van der Waals surface area contributed by atoms with Crippen LogP contribution in [0.1, 0.15) is 38.9 Å². The molecule has 0 unspecified atom stereocenters. The van der Waals surface area contributed by atoms with Crippen LogP contribution in [0.4, 0.5) is 5.69 Å². The van der Waals surface area contributed by atoms with Crippen LogP contribution >= 0.6 is 0 Å². The number of ether oxygens (including phenoxy) is 1. The highest BCUT2D eigenvalue weighted by Gasteiger charge is 2.27. The number of nitrogens with zero attached hydrogens (tertiary/aromatic N) is 2. The van der Waals surface area contributed by atoms with Gasteiger partial charge in [0.1, 0.15) is 0 Å². The summed E-state index contributed by atoms with van der Waals surface area (Å²) < 4.78 is 5.71. The molecule has 0 aromatic carbocycles. The third kappa shape index (κ3) is 3.00. The molecule has 0 radical (unpaired) electrons. The van der Waals surface area contributed by atoms with E-state index in [9.17, 15) is 0 Å². The van der Waals surface area contributed by atoms with E-state index in [0.29, 0.717) is 0 Å². The second kappa shape index (κ2) is 5.24. The molecule has 1 aliphatic rings. The Labute approximate surface area is 109 Å². The van der Waals surface area contributed by atoms with Crippen LogP contribution in [0.2, 0.25) is 0 Å². The number of pyridine rings is 1. The van der Waals surface area contributed by atoms with Crippen molar-refractivity contribution in [3.8, 4) is 0 Å². The minimum atomic E-state index is -0.0866. The fraction of sp³-hybridized carbons (Fsp3) is 0.643. The van der Waals surface area contributed by atoms with Crippen molar-refractivity contribution in [2.75, 3.05) is 24.6 Å². The number of hydrogen-bond donors (Lipinski definition) is 1. The molecule has 1 aromatic heterocycles. The van der Waals surface area contributed by atoms with Gasteiger partial charge in [0.25, 0.3) is 0 Å². The maximum absolute atomic E-state index is 5.97. The average molecular weight is 249 g/mol. The van der Waals surface area contributed by atoms with E-state index in [1.54, 1.807) is 0 Å². The summed E-state index contributed by atoms with van der Waals surface area (Å²) in [4.78, 5) is 6.78. The number of rotatable bonds is 3. The van der Waals surface area contributed by atoms with Crippen molar-refractivity contribution < 1.29 is 4.74 Å². The molecule has 1 fully saturated rings. The van der Waals surface area contributed by atoms with Gasteiger partial charge in [0, 0.05) is 19.1 Å². The number of aromatic nitrogens is 1. The second-order valence-electron chi connectivity index (χ2n) is 5.49. The monoisotopic (exact) mass is 249 g/mol. The van der Waals surface area contributed by atoms with Gasteiger partial charge in [-0.1, -0.05) is 6.92 Å². The molecule has 4 nitrogen and oxygen atoms in total. The van der Waals surface area contributed by atoms with Crippen molar-refractivity contribution in [3.05, 3.63) is 24.0 Å². The third-order valence-corrected chi connectivity index (χ3v) is 3.38. The van der Waals surface area contributed by atoms with E-state index in [1.807, 2.05) is 12.3 Å². The van der Waals surface area contributed by atoms with Crippen LogP contribution in [0, 0.1) is 0 Å². The second-order valence-corrected chi connectivity index (χ2v) is 5.49. The average Bonchev–Trinajstić information content (AvgIpc) is 2.37. The largest absolute Gasteiger partial charge is 0.372 e. The van der Waals surface area contributed by atoms with Gasteiger partial charge in [0.05, 0.1) is 29.8 Å². The molecule has 2 rings (SSSR count). The van der Waals surface area contributed by atoms with Gasteiger partial charge >= 0.3 is 0 Å². The molecular weight excluding hydrogens is 226 g/mol. The van der Waals surface area contributed by atoms with Crippen molar-refractivity contribution in [2.45, 2.75) is 38.8 Å². The van der Waals surface area contributed by atoms with Crippen LogP contribution in [0.3, 0.4) is 0 Å². The Hall–Kier alpha value is -1.13. The van der Waals surface area contributed by atoms with Crippen LogP contribution in [-0.4, -0.2) is 30.3 Å². The molecule has 1 aromatic rings. The number of nitrogens with two attached hydrogens (primary N) is 1. The minimum Gasteiger partial charge on any atom is -0.372 e. The maximum atomic E-state index is 5.97. The van der Waals surface area contributed by atoms with E-state index in [0.717, 1.165) is 37.5 Å². The predicted molar refractivity (Wildman–Crippen MR) is 73.7 cm³/mol. The highest BCUT2D eigenvalue weighted by Crippen LogP contribution is 2.23. The topological polar surface area (TPSA) is 51.4 Å². The summed E-state index contributed by atoms with van der Waals surface area (Å²) in [7, 11) is 0. The van der Waals surface area contributed by atoms with Crippen molar-refractivity contribution in [1.82, 2.24) is 4.98 Å². The third-order valence-electron chi connectivity index (χ3n) is 3.38. The van der Waals surface area contributed by atoms with E-state index >= 15 is 0 Å². The van der Waals surface area contributed by atoms with Crippen molar-refractivity contribution in [1.29, 1.82) is 0 Å². The van der Waals surface area contributed by atoms with Crippen LogP contribution in [0.5, 0.6) is 0 Å². The lowest BCUT2D eigenvalue weighted by Gasteiger charge is -2.39. The Bertz CT molecular complexity index is 389. The summed E-state index contributed by atoms with van der Waals surface area (Å²) in [5.41, 5.74) is 8.00.